The van der Waals surface area contributed by atoms with Gasteiger partial charge in [0.05, 0.1) is 17.7 Å². The Bertz CT molecular complexity index is 2070. The van der Waals surface area contributed by atoms with E-state index < -0.39 is 17.7 Å². The molecule has 0 spiro atoms. The van der Waals surface area contributed by atoms with Crippen LogP contribution in [0.4, 0.5) is 21.5 Å². The molecule has 0 saturated carbocycles. The van der Waals surface area contributed by atoms with Crippen LogP contribution in [0.5, 0.6) is 5.75 Å². The molecule has 0 amide bonds. The van der Waals surface area contributed by atoms with Gasteiger partial charge >= 0.3 is 0 Å². The molecule has 3 aliphatic heterocycles. The lowest BCUT2D eigenvalue weighted by Crippen LogP contribution is -2.46. The van der Waals surface area contributed by atoms with Crippen molar-refractivity contribution in [2.75, 3.05) is 54.1 Å². The van der Waals surface area contributed by atoms with Crippen LogP contribution in [-0.4, -0.2) is 77.9 Å². The third-order valence-corrected chi connectivity index (χ3v) is 10.4. The second-order valence-electron chi connectivity index (χ2n) is 13.6. The molecule has 274 valence electrons. The summed E-state index contributed by atoms with van der Waals surface area (Å²) >= 11 is 6.53. The Morgan fingerprint density at radius 2 is 1.53 bits per heavy atom. The molecule has 0 radical (unpaired) electrons. The molecule has 2 saturated heterocycles. The molecule has 2 fully saturated rings. The van der Waals surface area contributed by atoms with Crippen molar-refractivity contribution in [3.05, 3.63) is 120 Å². The molecule has 3 atom stereocenters. The monoisotopic (exact) mass is 736 g/mol. The lowest BCUT2D eigenvalue weighted by atomic mass is 10.1. The summed E-state index contributed by atoms with van der Waals surface area (Å²) in [7, 11) is 0. The summed E-state index contributed by atoms with van der Waals surface area (Å²) in [5.74, 6) is -0.166. The van der Waals surface area contributed by atoms with Crippen molar-refractivity contribution in [2.24, 2.45) is 5.10 Å². The third-order valence-electron chi connectivity index (χ3n) is 10.1. The third kappa shape index (κ3) is 7.14. The quantitative estimate of drug-likeness (QED) is 0.140. The number of hydrogen-bond donors (Lipinski definition) is 0. The van der Waals surface area contributed by atoms with E-state index in [-0.39, 0.29) is 24.8 Å². The number of rotatable bonds is 11. The van der Waals surface area contributed by atoms with Crippen molar-refractivity contribution < 1.29 is 18.6 Å². The van der Waals surface area contributed by atoms with E-state index in [9.17, 15) is 4.39 Å². The van der Waals surface area contributed by atoms with Gasteiger partial charge in [-0.15, -0.1) is 0 Å². The minimum Gasteiger partial charge on any atom is -0.491 e. The molecular weight excluding hydrogens is 695 g/mol. The van der Waals surface area contributed by atoms with Crippen molar-refractivity contribution in [1.82, 2.24) is 20.0 Å². The van der Waals surface area contributed by atoms with Gasteiger partial charge in [-0.25, -0.2) is 9.40 Å². The number of ether oxygens (including phenoxy) is 3. The molecule has 8 rings (SSSR count). The summed E-state index contributed by atoms with van der Waals surface area (Å²) in [6.45, 7) is 12.8. The van der Waals surface area contributed by atoms with Crippen LogP contribution in [0.15, 0.2) is 108 Å². The molecular formula is C40H42ClFN8O3. The Hall–Kier alpha value is -5.17. The Balaban J connectivity index is 0.856. The van der Waals surface area contributed by atoms with Gasteiger partial charge in [-0.2, -0.15) is 20.1 Å². The van der Waals surface area contributed by atoms with Crippen molar-refractivity contribution in [3.8, 4) is 5.75 Å². The molecule has 0 bridgehead atoms. The zero-order chi connectivity index (χ0) is 36.5. The second kappa shape index (κ2) is 14.7. The average Bonchev–Trinajstić information content (AvgIpc) is 3.90. The molecule has 11 nitrogen and oxygen atoms in total. The zero-order valence-electron chi connectivity index (χ0n) is 29.8. The van der Waals surface area contributed by atoms with Crippen LogP contribution >= 0.6 is 11.6 Å². The first-order chi connectivity index (χ1) is 25.8. The number of nitrogens with zero attached hydrogens (tertiary/aromatic N) is 8. The van der Waals surface area contributed by atoms with Crippen LogP contribution in [0.3, 0.4) is 0 Å². The summed E-state index contributed by atoms with van der Waals surface area (Å²) in [5.41, 5.74) is 5.40. The Labute approximate surface area is 313 Å². The van der Waals surface area contributed by atoms with Gasteiger partial charge in [0.25, 0.3) is 0 Å². The highest BCUT2D eigenvalue weighted by Gasteiger charge is 2.46. The predicted molar refractivity (Wildman–Crippen MR) is 206 cm³/mol. The normalized spacial score (nSPS) is 20.9. The van der Waals surface area contributed by atoms with Crippen molar-refractivity contribution in [3.63, 3.8) is 0 Å². The zero-order valence-corrected chi connectivity index (χ0v) is 30.6. The van der Waals surface area contributed by atoms with Crippen molar-refractivity contribution >= 4 is 46.0 Å². The van der Waals surface area contributed by atoms with Crippen LogP contribution in [0.1, 0.15) is 25.8 Å². The molecule has 3 aliphatic rings. The molecule has 4 heterocycles. The minimum absolute atomic E-state index is 0.123. The molecule has 0 aliphatic carbocycles. The number of fused-ring (bicyclic) bond motifs is 1. The van der Waals surface area contributed by atoms with E-state index in [0.717, 1.165) is 66.6 Å². The fourth-order valence-electron chi connectivity index (χ4n) is 7.01. The van der Waals surface area contributed by atoms with E-state index in [4.69, 9.17) is 25.8 Å². The molecule has 53 heavy (non-hydrogen) atoms. The van der Waals surface area contributed by atoms with Gasteiger partial charge < -0.3 is 24.0 Å². The van der Waals surface area contributed by atoms with Gasteiger partial charge in [0.15, 0.2) is 0 Å². The highest BCUT2D eigenvalue weighted by atomic mass is 35.5. The first kappa shape index (κ1) is 34.9. The highest BCUT2D eigenvalue weighted by Crippen LogP contribution is 2.40. The summed E-state index contributed by atoms with van der Waals surface area (Å²) in [6.07, 6.45) is 2.43. The van der Waals surface area contributed by atoms with Crippen LogP contribution in [-0.2, 0) is 21.8 Å². The van der Waals surface area contributed by atoms with E-state index in [1.54, 1.807) is 6.07 Å². The largest absolute Gasteiger partial charge is 0.491 e. The van der Waals surface area contributed by atoms with Crippen molar-refractivity contribution in [2.45, 2.75) is 44.7 Å². The number of halogens is 2. The smallest absolute Gasteiger partial charge is 0.219 e. The van der Waals surface area contributed by atoms with Crippen LogP contribution in [0.25, 0.3) is 11.0 Å². The maximum atomic E-state index is 14.0. The lowest BCUT2D eigenvalue weighted by Gasteiger charge is -2.37. The van der Waals surface area contributed by atoms with Crippen molar-refractivity contribution in [1.29, 1.82) is 0 Å². The van der Waals surface area contributed by atoms with E-state index >= 15 is 0 Å². The van der Waals surface area contributed by atoms with E-state index in [0.29, 0.717) is 11.6 Å². The molecule has 0 N–H and O–H groups in total. The van der Waals surface area contributed by atoms with Gasteiger partial charge in [-0.05, 0) is 92.2 Å². The maximum Gasteiger partial charge on any atom is 0.219 e. The SMILES string of the molecule is C=C1N(c2ccc(N3CCN(c4ccc(OCC5COC(Cn6nc7ccccc7n6)(c6ccc(F)cc6Cl)O5)cc4)CC3)cc2)C=NN1C(C)CC. The summed E-state index contributed by atoms with van der Waals surface area (Å²) in [5, 5.41) is 15.9. The summed E-state index contributed by atoms with van der Waals surface area (Å²) < 4.78 is 33.0. The standard InChI is InChI=1S/C40H42ClFN8O3/c1-4-28(2)50-29(3)48(27-43-50)33-12-10-31(11-13-33)46-19-21-47(22-20-46)32-14-16-34(17-15-32)51-24-35-25-52-40(53-35,36-18-9-30(42)23-37(36)41)26-49-44-38-7-5-6-8-39(38)45-49/h5-18,23,27-28,35H,3-4,19-22,24-26H2,1-2H3. The molecule has 5 aromatic rings. The van der Waals surface area contributed by atoms with E-state index in [2.05, 4.69) is 81.9 Å². The summed E-state index contributed by atoms with van der Waals surface area (Å²) in [4.78, 5) is 8.38. The second-order valence-corrected chi connectivity index (χ2v) is 14.0. The number of aromatic nitrogens is 3. The Morgan fingerprint density at radius 1 is 0.906 bits per heavy atom. The molecule has 1 aromatic heterocycles. The first-order valence-corrected chi connectivity index (χ1v) is 18.4. The fourth-order valence-corrected chi connectivity index (χ4v) is 7.32. The molecule has 13 heteroatoms. The van der Waals surface area contributed by atoms with Gasteiger partial charge in [-0.3, -0.25) is 4.90 Å². The Kier molecular flexibility index (Phi) is 9.67. The van der Waals surface area contributed by atoms with Gasteiger partial charge in [0.1, 0.15) is 54.0 Å². The average molecular weight is 737 g/mol. The fraction of sp³-hybridized carbons (Fsp3) is 0.325. The lowest BCUT2D eigenvalue weighted by molar-refractivity contribution is -0.192. The van der Waals surface area contributed by atoms with E-state index in [1.807, 2.05) is 52.6 Å². The Morgan fingerprint density at radius 3 is 2.15 bits per heavy atom. The topological polar surface area (TPSA) is 83.7 Å². The maximum absolute atomic E-state index is 14.0. The highest BCUT2D eigenvalue weighted by molar-refractivity contribution is 6.31. The van der Waals surface area contributed by atoms with Crippen LogP contribution in [0.2, 0.25) is 5.02 Å². The number of benzene rings is 4. The number of hydrogen-bond acceptors (Lipinski definition) is 10. The van der Waals surface area contributed by atoms with Gasteiger partial charge in [0, 0.05) is 48.8 Å². The van der Waals surface area contributed by atoms with Gasteiger partial charge in [0.2, 0.25) is 5.79 Å². The van der Waals surface area contributed by atoms with E-state index in [1.165, 1.54) is 22.6 Å². The van der Waals surface area contributed by atoms with Gasteiger partial charge in [-0.1, -0.05) is 37.2 Å². The number of hydrazone groups is 1. The number of piperazine rings is 1. The predicted octanol–water partition coefficient (Wildman–Crippen LogP) is 7.23. The first-order valence-electron chi connectivity index (χ1n) is 18.0. The number of anilines is 3. The van der Waals surface area contributed by atoms with Crippen LogP contribution in [0, 0.1) is 5.82 Å². The minimum atomic E-state index is -1.32. The summed E-state index contributed by atoms with van der Waals surface area (Å²) in [6, 6.07) is 28.9. The molecule has 3 unspecified atom stereocenters. The molecule has 4 aromatic carbocycles. The van der Waals surface area contributed by atoms with Crippen LogP contribution < -0.4 is 19.4 Å².